The predicted molar refractivity (Wildman–Crippen MR) is 114 cm³/mol. The smallest absolute Gasteiger partial charge is 0.228 e. The highest BCUT2D eigenvalue weighted by molar-refractivity contribution is 5.88. The van der Waals surface area contributed by atoms with Gasteiger partial charge >= 0.3 is 0 Å². The lowest BCUT2D eigenvalue weighted by Crippen LogP contribution is -2.39. The molecule has 1 aromatic carbocycles. The number of rotatable bonds is 3. The molecule has 0 N–H and O–H groups in total. The minimum absolute atomic E-state index is 0.0506. The molecule has 33 heavy (non-hydrogen) atoms. The highest BCUT2D eigenvalue weighted by atomic mass is 19.2. The van der Waals surface area contributed by atoms with Gasteiger partial charge in [-0.15, -0.1) is 0 Å². The van der Waals surface area contributed by atoms with E-state index in [1.807, 2.05) is 18.1 Å². The van der Waals surface area contributed by atoms with Crippen LogP contribution in [0.5, 0.6) is 0 Å². The summed E-state index contributed by atoms with van der Waals surface area (Å²) in [6, 6.07) is 1.80. The van der Waals surface area contributed by atoms with Crippen LogP contribution in [0.1, 0.15) is 23.1 Å². The number of benzene rings is 1. The minimum atomic E-state index is -1.54. The van der Waals surface area contributed by atoms with Crippen LogP contribution in [-0.4, -0.2) is 49.4 Å². The van der Waals surface area contributed by atoms with Crippen LogP contribution in [-0.2, 0) is 11.8 Å². The molecule has 0 amide bonds. The van der Waals surface area contributed by atoms with Crippen molar-refractivity contribution in [2.75, 3.05) is 24.6 Å². The number of hydrogen-bond acceptors (Lipinski definition) is 7. The zero-order valence-electron chi connectivity index (χ0n) is 18.2. The van der Waals surface area contributed by atoms with E-state index in [4.69, 9.17) is 4.74 Å². The third-order valence-corrected chi connectivity index (χ3v) is 5.63. The van der Waals surface area contributed by atoms with Gasteiger partial charge < -0.3 is 9.64 Å². The fourth-order valence-electron chi connectivity index (χ4n) is 3.77. The topological polar surface area (TPSA) is 81.9 Å². The van der Waals surface area contributed by atoms with Crippen molar-refractivity contribution in [3.8, 4) is 11.3 Å². The van der Waals surface area contributed by atoms with Crippen molar-refractivity contribution in [2.45, 2.75) is 20.0 Å². The van der Waals surface area contributed by atoms with Gasteiger partial charge in [-0.2, -0.15) is 10.1 Å². The summed E-state index contributed by atoms with van der Waals surface area (Å²) >= 11 is 0. The van der Waals surface area contributed by atoms with Crippen LogP contribution in [0.4, 0.5) is 19.1 Å². The number of anilines is 1. The van der Waals surface area contributed by atoms with Crippen LogP contribution >= 0.6 is 0 Å². The largest absolute Gasteiger partial charge is 0.370 e. The van der Waals surface area contributed by atoms with Gasteiger partial charge in [0.15, 0.2) is 23.1 Å². The number of ether oxygens (including phenoxy) is 1. The average Bonchev–Trinajstić information content (AvgIpc) is 3.24. The Balaban J connectivity index is 1.63. The maximum atomic E-state index is 14.0. The molecule has 3 aromatic heterocycles. The summed E-state index contributed by atoms with van der Waals surface area (Å²) in [6.07, 6.45) is 3.37. The van der Waals surface area contributed by atoms with E-state index >= 15 is 0 Å². The number of aromatic nitrogens is 6. The van der Waals surface area contributed by atoms with Crippen LogP contribution < -0.4 is 4.90 Å². The lowest BCUT2D eigenvalue weighted by Gasteiger charge is -2.32. The lowest BCUT2D eigenvalue weighted by atomic mass is 10.1. The van der Waals surface area contributed by atoms with Crippen LogP contribution in [0.3, 0.4) is 0 Å². The summed E-state index contributed by atoms with van der Waals surface area (Å²) in [5.74, 6) is -3.84. The predicted octanol–water partition coefficient (Wildman–Crippen LogP) is 3.43. The van der Waals surface area contributed by atoms with Crippen molar-refractivity contribution in [2.24, 2.45) is 7.05 Å². The SMILES string of the molecule is Cc1nc2nc(N3CCOC(c4cnn(C)c4)C3)nc(-c3cc(F)c(F)c(F)c3)c2nc1C. The minimum Gasteiger partial charge on any atom is -0.370 e. The second kappa shape index (κ2) is 8.07. The Morgan fingerprint density at radius 1 is 1.00 bits per heavy atom. The van der Waals surface area contributed by atoms with E-state index in [9.17, 15) is 13.2 Å². The van der Waals surface area contributed by atoms with Gasteiger partial charge in [-0.3, -0.25) is 4.68 Å². The lowest BCUT2D eigenvalue weighted by molar-refractivity contribution is 0.0392. The highest BCUT2D eigenvalue weighted by Crippen LogP contribution is 2.31. The molecule has 1 atom stereocenters. The zero-order chi connectivity index (χ0) is 23.3. The first-order valence-corrected chi connectivity index (χ1v) is 10.3. The van der Waals surface area contributed by atoms with E-state index in [1.54, 1.807) is 24.7 Å². The molecular formula is C22H20F3N7O. The molecule has 5 rings (SSSR count). The summed E-state index contributed by atoms with van der Waals surface area (Å²) in [6.45, 7) is 4.95. The molecule has 4 aromatic rings. The molecular weight excluding hydrogens is 435 g/mol. The molecule has 4 heterocycles. The number of nitrogens with zero attached hydrogens (tertiary/aromatic N) is 7. The van der Waals surface area contributed by atoms with Crippen molar-refractivity contribution in [1.82, 2.24) is 29.7 Å². The van der Waals surface area contributed by atoms with Gasteiger partial charge in [-0.1, -0.05) is 0 Å². The second-order valence-corrected chi connectivity index (χ2v) is 7.95. The summed E-state index contributed by atoms with van der Waals surface area (Å²) in [4.78, 5) is 20.1. The van der Waals surface area contributed by atoms with Gasteiger partial charge in [0.1, 0.15) is 17.3 Å². The zero-order valence-corrected chi connectivity index (χ0v) is 18.2. The Morgan fingerprint density at radius 3 is 2.42 bits per heavy atom. The highest BCUT2D eigenvalue weighted by Gasteiger charge is 2.27. The number of aryl methyl sites for hydroxylation is 3. The van der Waals surface area contributed by atoms with Gasteiger partial charge in [-0.05, 0) is 26.0 Å². The van der Waals surface area contributed by atoms with Crippen molar-refractivity contribution < 1.29 is 17.9 Å². The van der Waals surface area contributed by atoms with E-state index in [-0.39, 0.29) is 28.5 Å². The van der Waals surface area contributed by atoms with Crippen LogP contribution in [0.25, 0.3) is 22.4 Å². The third kappa shape index (κ3) is 3.88. The Labute approximate surface area is 187 Å². The molecule has 0 bridgehead atoms. The molecule has 0 radical (unpaired) electrons. The van der Waals surface area contributed by atoms with Crippen LogP contribution in [0.2, 0.25) is 0 Å². The van der Waals surface area contributed by atoms with Crippen molar-refractivity contribution >= 4 is 17.1 Å². The van der Waals surface area contributed by atoms with Gasteiger partial charge in [0.05, 0.1) is 30.7 Å². The van der Waals surface area contributed by atoms with E-state index in [0.717, 1.165) is 17.7 Å². The van der Waals surface area contributed by atoms with Crippen LogP contribution in [0, 0.1) is 31.3 Å². The molecule has 0 spiro atoms. The van der Waals surface area contributed by atoms with Gasteiger partial charge in [0.25, 0.3) is 0 Å². The van der Waals surface area contributed by atoms with E-state index in [0.29, 0.717) is 37.0 Å². The quantitative estimate of drug-likeness (QED) is 0.438. The first kappa shape index (κ1) is 21.3. The summed E-state index contributed by atoms with van der Waals surface area (Å²) in [5.41, 5.74) is 3.01. The van der Waals surface area contributed by atoms with Crippen molar-refractivity contribution in [3.05, 3.63) is 58.9 Å². The van der Waals surface area contributed by atoms with Gasteiger partial charge in [-0.25, -0.2) is 28.1 Å². The van der Waals surface area contributed by atoms with Crippen molar-refractivity contribution in [1.29, 1.82) is 0 Å². The number of hydrogen-bond donors (Lipinski definition) is 0. The molecule has 1 aliphatic heterocycles. The Bertz CT molecular complexity index is 1350. The first-order chi connectivity index (χ1) is 15.8. The first-order valence-electron chi connectivity index (χ1n) is 10.3. The van der Waals surface area contributed by atoms with E-state index in [1.165, 1.54) is 0 Å². The number of morpholine rings is 1. The summed E-state index contributed by atoms with van der Waals surface area (Å²) < 4.78 is 49.3. The normalized spacial score (nSPS) is 16.5. The monoisotopic (exact) mass is 455 g/mol. The number of halogens is 3. The molecule has 1 aliphatic rings. The molecule has 1 unspecified atom stereocenters. The molecule has 0 aliphatic carbocycles. The summed E-state index contributed by atoms with van der Waals surface area (Å²) in [7, 11) is 1.83. The Morgan fingerprint density at radius 2 is 1.73 bits per heavy atom. The fourth-order valence-corrected chi connectivity index (χ4v) is 3.77. The second-order valence-electron chi connectivity index (χ2n) is 7.95. The Kier molecular flexibility index (Phi) is 5.20. The van der Waals surface area contributed by atoms with Crippen LogP contribution in [0.15, 0.2) is 24.5 Å². The van der Waals surface area contributed by atoms with Gasteiger partial charge in [0.2, 0.25) is 5.95 Å². The van der Waals surface area contributed by atoms with Gasteiger partial charge in [0, 0.05) is 30.9 Å². The van der Waals surface area contributed by atoms with E-state index < -0.39 is 17.5 Å². The molecule has 1 saturated heterocycles. The fraction of sp³-hybridized carbons (Fsp3) is 0.318. The molecule has 170 valence electrons. The summed E-state index contributed by atoms with van der Waals surface area (Å²) in [5, 5.41) is 4.19. The third-order valence-electron chi connectivity index (χ3n) is 5.63. The maximum Gasteiger partial charge on any atom is 0.228 e. The average molecular weight is 455 g/mol. The van der Waals surface area contributed by atoms with E-state index in [2.05, 4.69) is 25.0 Å². The Hall–Kier alpha value is -3.60. The molecule has 1 fully saturated rings. The maximum absolute atomic E-state index is 14.0. The standard InChI is InChI=1S/C22H20F3N7O/c1-11-12(2)28-21-20(27-11)19(13-6-15(23)18(25)16(24)7-13)29-22(30-21)32-4-5-33-17(10-32)14-8-26-31(3)9-14/h6-9,17H,4-5,10H2,1-3H3. The number of fused-ring (bicyclic) bond motifs is 1. The molecule has 8 nitrogen and oxygen atoms in total. The van der Waals surface area contributed by atoms with Crippen molar-refractivity contribution in [3.63, 3.8) is 0 Å². The molecule has 0 saturated carbocycles. The molecule has 11 heteroatoms.